The lowest BCUT2D eigenvalue weighted by Gasteiger charge is -2.18. The van der Waals surface area contributed by atoms with E-state index in [1.165, 1.54) is 4.88 Å². The van der Waals surface area contributed by atoms with Crippen LogP contribution >= 0.6 is 11.3 Å². The fraction of sp³-hybridized carbons (Fsp3) is 0.294. The van der Waals surface area contributed by atoms with Crippen LogP contribution in [0.2, 0.25) is 0 Å². The minimum atomic E-state index is -0.0284. The monoisotopic (exact) mass is 314 g/mol. The maximum absolute atomic E-state index is 11.9. The van der Waals surface area contributed by atoms with Crippen LogP contribution in [-0.4, -0.2) is 23.2 Å². The average Bonchev–Trinajstić information content (AvgIpc) is 3.17. The smallest absolute Gasteiger partial charge is 0.240 e. The lowest BCUT2D eigenvalue weighted by atomic mass is 10.0. The molecule has 22 heavy (non-hydrogen) atoms. The number of rotatable bonds is 4. The highest BCUT2D eigenvalue weighted by molar-refractivity contribution is 7.10. The maximum atomic E-state index is 11.9. The van der Waals surface area contributed by atoms with Gasteiger partial charge in [0.1, 0.15) is 5.75 Å². The van der Waals surface area contributed by atoms with Gasteiger partial charge in [0.05, 0.1) is 18.4 Å². The Hall–Kier alpha value is -2.14. The third kappa shape index (κ3) is 2.90. The maximum Gasteiger partial charge on any atom is 0.240 e. The molecule has 3 rings (SSSR count). The Morgan fingerprint density at radius 2 is 2.14 bits per heavy atom. The SMILES string of the molecule is CCOc1ccc(C2=NN(C(C)=O)C(c3cccs3)C2)cc1. The van der Waals surface area contributed by atoms with Gasteiger partial charge in [-0.2, -0.15) is 5.10 Å². The van der Waals surface area contributed by atoms with Crippen LogP contribution in [0.15, 0.2) is 46.9 Å². The van der Waals surface area contributed by atoms with E-state index in [9.17, 15) is 4.79 Å². The number of nitrogens with zero attached hydrogens (tertiary/aromatic N) is 2. The molecule has 1 amide bonds. The molecule has 1 atom stereocenters. The molecule has 0 saturated carbocycles. The Labute approximate surface area is 134 Å². The highest BCUT2D eigenvalue weighted by Crippen LogP contribution is 2.35. The molecule has 0 saturated heterocycles. The highest BCUT2D eigenvalue weighted by Gasteiger charge is 2.31. The molecule has 114 valence electrons. The number of hydrogen-bond donors (Lipinski definition) is 0. The van der Waals surface area contributed by atoms with Gasteiger partial charge in [-0.3, -0.25) is 4.79 Å². The van der Waals surface area contributed by atoms with E-state index < -0.39 is 0 Å². The molecule has 0 spiro atoms. The minimum absolute atomic E-state index is 0.0130. The van der Waals surface area contributed by atoms with Crippen molar-refractivity contribution in [3.8, 4) is 5.75 Å². The predicted molar refractivity (Wildman–Crippen MR) is 88.3 cm³/mol. The lowest BCUT2D eigenvalue weighted by Crippen LogP contribution is -2.23. The van der Waals surface area contributed by atoms with Crippen LogP contribution in [0.1, 0.15) is 36.8 Å². The van der Waals surface area contributed by atoms with Crippen molar-refractivity contribution in [2.75, 3.05) is 6.61 Å². The zero-order valence-electron chi connectivity index (χ0n) is 12.7. The molecular formula is C17H18N2O2S. The first-order valence-corrected chi connectivity index (χ1v) is 8.21. The van der Waals surface area contributed by atoms with Gasteiger partial charge in [0.15, 0.2) is 0 Å². The van der Waals surface area contributed by atoms with Gasteiger partial charge in [-0.25, -0.2) is 5.01 Å². The first kappa shape index (κ1) is 14.8. The van der Waals surface area contributed by atoms with Crippen LogP contribution in [0.5, 0.6) is 5.75 Å². The summed E-state index contributed by atoms with van der Waals surface area (Å²) < 4.78 is 5.46. The summed E-state index contributed by atoms with van der Waals surface area (Å²) in [5.41, 5.74) is 1.98. The molecule has 0 N–H and O–H groups in total. The van der Waals surface area contributed by atoms with Crippen LogP contribution in [0.4, 0.5) is 0 Å². The summed E-state index contributed by atoms with van der Waals surface area (Å²) in [6.07, 6.45) is 0.744. The third-order valence-electron chi connectivity index (χ3n) is 3.60. The van der Waals surface area contributed by atoms with Gasteiger partial charge >= 0.3 is 0 Å². The molecular weight excluding hydrogens is 296 g/mol. The Bertz CT molecular complexity index is 677. The third-order valence-corrected chi connectivity index (χ3v) is 4.58. The van der Waals surface area contributed by atoms with Gasteiger partial charge in [0, 0.05) is 18.2 Å². The molecule has 1 aliphatic rings. The standard InChI is InChI=1S/C17H18N2O2S/c1-3-21-14-8-6-13(7-9-14)15-11-16(17-5-4-10-22-17)19(18-15)12(2)20/h4-10,16H,3,11H2,1-2H3. The summed E-state index contributed by atoms with van der Waals surface area (Å²) in [7, 11) is 0. The molecule has 1 aromatic heterocycles. The summed E-state index contributed by atoms with van der Waals surface area (Å²) in [4.78, 5) is 13.0. The molecule has 0 radical (unpaired) electrons. The normalized spacial score (nSPS) is 17.5. The fourth-order valence-corrected chi connectivity index (χ4v) is 3.40. The Morgan fingerprint density at radius 1 is 1.36 bits per heavy atom. The van der Waals surface area contributed by atoms with Crippen molar-refractivity contribution < 1.29 is 9.53 Å². The van der Waals surface area contributed by atoms with Crippen LogP contribution < -0.4 is 4.74 Å². The van der Waals surface area contributed by atoms with Crippen molar-refractivity contribution in [2.24, 2.45) is 5.10 Å². The quantitative estimate of drug-likeness (QED) is 0.860. The second kappa shape index (κ2) is 6.32. The van der Waals surface area contributed by atoms with Gasteiger partial charge in [0.2, 0.25) is 5.91 Å². The Balaban J connectivity index is 1.85. The van der Waals surface area contributed by atoms with E-state index >= 15 is 0 Å². The molecule has 4 nitrogen and oxygen atoms in total. The zero-order valence-corrected chi connectivity index (χ0v) is 13.5. The number of hydrogen-bond acceptors (Lipinski definition) is 4. The predicted octanol–water partition coefficient (Wildman–Crippen LogP) is 3.84. The second-order valence-electron chi connectivity index (χ2n) is 5.10. The van der Waals surface area contributed by atoms with E-state index in [1.807, 2.05) is 42.6 Å². The van der Waals surface area contributed by atoms with Crippen molar-refractivity contribution >= 4 is 23.0 Å². The van der Waals surface area contributed by atoms with Crippen molar-refractivity contribution in [1.29, 1.82) is 0 Å². The van der Waals surface area contributed by atoms with Gasteiger partial charge < -0.3 is 4.74 Å². The topological polar surface area (TPSA) is 41.9 Å². The van der Waals surface area contributed by atoms with Crippen molar-refractivity contribution in [1.82, 2.24) is 5.01 Å². The van der Waals surface area contributed by atoms with E-state index in [2.05, 4.69) is 11.2 Å². The molecule has 2 aromatic rings. The summed E-state index contributed by atoms with van der Waals surface area (Å²) in [6.45, 7) is 4.18. The molecule has 0 bridgehead atoms. The highest BCUT2D eigenvalue weighted by atomic mass is 32.1. The fourth-order valence-electron chi connectivity index (χ4n) is 2.59. The van der Waals surface area contributed by atoms with E-state index in [0.29, 0.717) is 6.61 Å². The first-order valence-electron chi connectivity index (χ1n) is 7.33. The molecule has 5 heteroatoms. The molecule has 2 heterocycles. The summed E-state index contributed by atoms with van der Waals surface area (Å²) in [6, 6.07) is 12.0. The van der Waals surface area contributed by atoms with Crippen LogP contribution in [0.3, 0.4) is 0 Å². The molecule has 0 fully saturated rings. The number of thiophene rings is 1. The van der Waals surface area contributed by atoms with Gasteiger partial charge in [-0.1, -0.05) is 6.07 Å². The number of benzene rings is 1. The number of hydrazone groups is 1. The van der Waals surface area contributed by atoms with Gasteiger partial charge in [-0.15, -0.1) is 11.3 Å². The Morgan fingerprint density at radius 3 is 2.73 bits per heavy atom. The summed E-state index contributed by atoms with van der Waals surface area (Å²) >= 11 is 1.66. The number of ether oxygens (including phenoxy) is 1. The van der Waals surface area contributed by atoms with Crippen LogP contribution in [0.25, 0.3) is 0 Å². The number of carbonyl (C=O) groups is 1. The lowest BCUT2D eigenvalue weighted by molar-refractivity contribution is -0.130. The van der Waals surface area contributed by atoms with Crippen molar-refractivity contribution in [3.05, 3.63) is 52.2 Å². The summed E-state index contributed by atoms with van der Waals surface area (Å²) in [5.74, 6) is 0.822. The van der Waals surface area contributed by atoms with Crippen LogP contribution in [0, 0.1) is 0 Å². The zero-order chi connectivity index (χ0) is 15.5. The van der Waals surface area contributed by atoms with Crippen molar-refractivity contribution in [3.63, 3.8) is 0 Å². The molecule has 1 unspecified atom stereocenters. The number of amides is 1. The van der Waals surface area contributed by atoms with Gasteiger partial charge in [-0.05, 0) is 48.2 Å². The largest absolute Gasteiger partial charge is 0.494 e. The summed E-state index contributed by atoms with van der Waals surface area (Å²) in [5, 5.41) is 8.16. The molecule has 1 aromatic carbocycles. The van der Waals surface area contributed by atoms with E-state index in [1.54, 1.807) is 23.3 Å². The van der Waals surface area contributed by atoms with Gasteiger partial charge in [0.25, 0.3) is 0 Å². The molecule has 0 aliphatic carbocycles. The average molecular weight is 314 g/mol. The second-order valence-corrected chi connectivity index (χ2v) is 6.08. The first-order chi connectivity index (χ1) is 10.7. The van der Waals surface area contributed by atoms with E-state index in [0.717, 1.165) is 23.4 Å². The van der Waals surface area contributed by atoms with Crippen LogP contribution in [-0.2, 0) is 4.79 Å². The molecule has 1 aliphatic heterocycles. The van der Waals surface area contributed by atoms with E-state index in [-0.39, 0.29) is 11.9 Å². The minimum Gasteiger partial charge on any atom is -0.494 e. The van der Waals surface area contributed by atoms with E-state index in [4.69, 9.17) is 4.74 Å². The number of carbonyl (C=O) groups excluding carboxylic acids is 1. The van der Waals surface area contributed by atoms with Crippen molar-refractivity contribution in [2.45, 2.75) is 26.3 Å². The Kier molecular flexibility index (Phi) is 4.24.